The zero-order chi connectivity index (χ0) is 25.7. The molecule has 1 saturated heterocycles. The number of fused-ring (bicyclic) bond motifs is 2. The molecule has 1 aliphatic heterocycles. The highest BCUT2D eigenvalue weighted by Gasteiger charge is 2.57. The van der Waals surface area contributed by atoms with Crippen molar-refractivity contribution in [3.8, 4) is 0 Å². The molecule has 0 spiro atoms. The number of carboxylic acids is 1. The van der Waals surface area contributed by atoms with E-state index in [0.717, 1.165) is 11.1 Å². The van der Waals surface area contributed by atoms with Gasteiger partial charge in [0.15, 0.2) is 0 Å². The van der Waals surface area contributed by atoms with E-state index in [1.165, 1.54) is 7.11 Å². The third-order valence-electron chi connectivity index (χ3n) is 7.27. The maximum atomic E-state index is 13.4. The summed E-state index contributed by atoms with van der Waals surface area (Å²) in [4.78, 5) is 43.7. The number of ether oxygens (including phenoxy) is 1. The zero-order valence-corrected chi connectivity index (χ0v) is 20.6. The lowest BCUT2D eigenvalue weighted by molar-refractivity contribution is 0.0698. The van der Waals surface area contributed by atoms with Gasteiger partial charge in [0, 0.05) is 49.3 Å². The van der Waals surface area contributed by atoms with E-state index in [9.17, 15) is 19.5 Å². The third kappa shape index (κ3) is 4.02. The molecule has 0 radical (unpaired) electrons. The number of aryl methyl sites for hydroxylation is 1. The van der Waals surface area contributed by atoms with E-state index in [4.69, 9.17) is 9.72 Å². The maximum Gasteiger partial charge on any atom is 0.407 e. The molecule has 1 aliphatic carbocycles. The Labute approximate surface area is 207 Å². The average molecular weight is 492 g/mol. The van der Waals surface area contributed by atoms with Gasteiger partial charge in [-0.05, 0) is 37.6 Å². The van der Waals surface area contributed by atoms with Crippen molar-refractivity contribution in [2.75, 3.05) is 30.4 Å². The van der Waals surface area contributed by atoms with Gasteiger partial charge in [-0.15, -0.1) is 0 Å². The Hall–Kier alpha value is -4.08. The molecule has 10 nitrogen and oxygen atoms in total. The summed E-state index contributed by atoms with van der Waals surface area (Å²) >= 11 is 0. The topological polar surface area (TPSA) is 126 Å². The number of hydrogen-bond donors (Lipinski definition) is 3. The fourth-order valence-electron chi connectivity index (χ4n) is 5.36. The van der Waals surface area contributed by atoms with Crippen LogP contribution < -0.4 is 21.1 Å². The fourth-order valence-corrected chi connectivity index (χ4v) is 5.36. The van der Waals surface area contributed by atoms with Crippen LogP contribution in [0.25, 0.3) is 10.9 Å². The number of alkyl carbamates (subject to hydrolysis) is 1. The largest absolute Gasteiger partial charge is 0.478 e. The van der Waals surface area contributed by atoms with E-state index in [2.05, 4.69) is 15.5 Å². The first-order valence-electron chi connectivity index (χ1n) is 11.9. The minimum atomic E-state index is -1.01. The van der Waals surface area contributed by atoms with Crippen molar-refractivity contribution in [1.29, 1.82) is 0 Å². The van der Waals surface area contributed by atoms with Crippen molar-refractivity contribution < 1.29 is 19.4 Å². The minimum Gasteiger partial charge on any atom is -0.478 e. The number of aromatic carboxylic acids is 1. The van der Waals surface area contributed by atoms with E-state index >= 15 is 0 Å². The summed E-state index contributed by atoms with van der Waals surface area (Å²) < 4.78 is 6.29. The summed E-state index contributed by atoms with van der Waals surface area (Å²) in [6, 6.07) is 10.4. The minimum absolute atomic E-state index is 0.0860. The summed E-state index contributed by atoms with van der Waals surface area (Å²) in [6.07, 6.45) is -0.428. The van der Waals surface area contributed by atoms with Gasteiger partial charge < -0.3 is 25.4 Å². The van der Waals surface area contributed by atoms with Crippen molar-refractivity contribution in [2.24, 2.45) is 18.9 Å². The highest BCUT2D eigenvalue weighted by atomic mass is 16.5. The molecule has 2 aromatic carbocycles. The average Bonchev–Trinajstić information content (AvgIpc) is 3.28. The van der Waals surface area contributed by atoms with E-state index in [-0.39, 0.29) is 23.2 Å². The van der Waals surface area contributed by atoms with Crippen molar-refractivity contribution in [1.82, 2.24) is 14.9 Å². The molecule has 1 amide bonds. The number of anilines is 2. The van der Waals surface area contributed by atoms with Crippen LogP contribution in [0.2, 0.25) is 0 Å². The molecular formula is C26H29N5O5. The van der Waals surface area contributed by atoms with Crippen molar-refractivity contribution in [3.63, 3.8) is 0 Å². The highest BCUT2D eigenvalue weighted by molar-refractivity contribution is 5.94. The van der Waals surface area contributed by atoms with Gasteiger partial charge in [0.05, 0.1) is 29.6 Å². The quantitative estimate of drug-likeness (QED) is 0.481. The monoisotopic (exact) mass is 491 g/mol. The summed E-state index contributed by atoms with van der Waals surface area (Å²) in [5.74, 6) is 0.158. The van der Waals surface area contributed by atoms with Crippen LogP contribution in [0.4, 0.5) is 16.4 Å². The van der Waals surface area contributed by atoms with Crippen molar-refractivity contribution in [3.05, 3.63) is 63.4 Å². The van der Waals surface area contributed by atoms with Gasteiger partial charge in [-0.3, -0.25) is 9.36 Å². The molecule has 3 aromatic rings. The van der Waals surface area contributed by atoms with Gasteiger partial charge >= 0.3 is 12.1 Å². The number of benzene rings is 2. The van der Waals surface area contributed by atoms with Gasteiger partial charge in [-0.2, -0.15) is 0 Å². The standard InChI is InChI=1S/C26H29N5O5/c1-13-9-16(14(2)27-20-8-6-5-7-15(20)24(33)34)21-17(10-13)23(32)30(3)25(28-21)31-11-18-19(12-31)22(18)29-26(35)36-4/h5-10,14,18-19,22,27H,11-12H2,1-4H3,(H,29,35)(H,33,34)/t14?,18-,19+,22?. The molecule has 2 aliphatic rings. The van der Waals surface area contributed by atoms with Gasteiger partial charge in [0.1, 0.15) is 0 Å². The van der Waals surface area contributed by atoms with E-state index in [1.54, 1.807) is 35.9 Å². The number of methoxy groups -OCH3 is 1. The second-order valence-electron chi connectivity index (χ2n) is 9.64. The molecule has 1 saturated carbocycles. The van der Waals surface area contributed by atoms with Crippen LogP contribution >= 0.6 is 0 Å². The number of carbonyl (C=O) groups excluding carboxylic acids is 1. The number of hydrogen-bond acceptors (Lipinski definition) is 7. The van der Waals surface area contributed by atoms with E-state index in [1.807, 2.05) is 26.0 Å². The number of nitrogens with one attached hydrogen (secondary N) is 2. The first kappa shape index (κ1) is 23.7. The molecule has 0 bridgehead atoms. The Balaban J connectivity index is 1.49. The Bertz CT molecular complexity index is 1420. The van der Waals surface area contributed by atoms with Crippen LogP contribution in [0.15, 0.2) is 41.2 Å². The lowest BCUT2D eigenvalue weighted by Crippen LogP contribution is -2.37. The Morgan fingerprint density at radius 2 is 1.89 bits per heavy atom. The van der Waals surface area contributed by atoms with Crippen LogP contribution in [-0.4, -0.2) is 53.0 Å². The van der Waals surface area contributed by atoms with Crippen LogP contribution in [0.1, 0.15) is 34.5 Å². The highest BCUT2D eigenvalue weighted by Crippen LogP contribution is 2.46. The number of piperidine rings is 1. The Morgan fingerprint density at radius 1 is 1.19 bits per heavy atom. The zero-order valence-electron chi connectivity index (χ0n) is 20.6. The lowest BCUT2D eigenvalue weighted by Gasteiger charge is -2.25. The molecule has 10 heteroatoms. The second-order valence-corrected chi connectivity index (χ2v) is 9.64. The second kappa shape index (κ2) is 8.85. The normalized spacial score (nSPS) is 21.1. The van der Waals surface area contributed by atoms with Crippen LogP contribution in [0.5, 0.6) is 0 Å². The number of para-hydroxylation sites is 1. The predicted octanol–water partition coefficient (Wildman–Crippen LogP) is 2.90. The number of aromatic nitrogens is 2. The molecule has 36 heavy (non-hydrogen) atoms. The van der Waals surface area contributed by atoms with Crippen LogP contribution in [0, 0.1) is 18.8 Å². The smallest absolute Gasteiger partial charge is 0.407 e. The number of carbonyl (C=O) groups is 2. The van der Waals surface area contributed by atoms with E-state index in [0.29, 0.717) is 47.5 Å². The Morgan fingerprint density at radius 3 is 2.56 bits per heavy atom. The number of amides is 1. The third-order valence-corrected chi connectivity index (χ3v) is 7.27. The molecule has 2 unspecified atom stereocenters. The first-order valence-corrected chi connectivity index (χ1v) is 11.9. The Kier molecular flexibility index (Phi) is 5.82. The summed E-state index contributed by atoms with van der Waals surface area (Å²) in [5, 5.41) is 16.3. The number of carboxylic acid groups (broad SMARTS) is 1. The van der Waals surface area contributed by atoms with E-state index < -0.39 is 12.1 Å². The molecular weight excluding hydrogens is 462 g/mol. The maximum absolute atomic E-state index is 13.4. The van der Waals surface area contributed by atoms with Gasteiger partial charge in [-0.25, -0.2) is 14.6 Å². The number of nitrogens with zero attached hydrogens (tertiary/aromatic N) is 3. The van der Waals surface area contributed by atoms with Gasteiger partial charge in [0.25, 0.3) is 5.56 Å². The molecule has 2 fully saturated rings. The fraction of sp³-hybridized carbons (Fsp3) is 0.385. The van der Waals surface area contributed by atoms with Crippen LogP contribution in [0.3, 0.4) is 0 Å². The molecule has 1 aromatic heterocycles. The van der Waals surface area contributed by atoms with Crippen molar-refractivity contribution >= 4 is 34.6 Å². The van der Waals surface area contributed by atoms with Crippen molar-refractivity contribution in [2.45, 2.75) is 25.9 Å². The van der Waals surface area contributed by atoms with Gasteiger partial charge in [-0.1, -0.05) is 18.2 Å². The molecule has 5 rings (SSSR count). The summed E-state index contributed by atoms with van der Waals surface area (Å²) in [5.41, 5.74) is 2.87. The SMILES string of the molecule is COC(=O)NC1[C@H]2CN(c3nc4c(C(C)Nc5ccccc5C(=O)O)cc(C)cc4c(=O)n3C)C[C@@H]12. The van der Waals surface area contributed by atoms with Crippen LogP contribution in [-0.2, 0) is 11.8 Å². The molecule has 3 N–H and O–H groups in total. The molecule has 4 atom stereocenters. The van der Waals surface area contributed by atoms with Gasteiger partial charge in [0.2, 0.25) is 5.95 Å². The first-order chi connectivity index (χ1) is 17.2. The lowest BCUT2D eigenvalue weighted by atomic mass is 10.0. The predicted molar refractivity (Wildman–Crippen MR) is 136 cm³/mol. The summed E-state index contributed by atoms with van der Waals surface area (Å²) in [7, 11) is 3.08. The molecule has 188 valence electrons. The summed E-state index contributed by atoms with van der Waals surface area (Å²) in [6.45, 7) is 5.23. The number of rotatable bonds is 6. The molecule has 2 heterocycles.